The summed E-state index contributed by atoms with van der Waals surface area (Å²) >= 11 is 0. The molecule has 7 heteroatoms. The summed E-state index contributed by atoms with van der Waals surface area (Å²) in [5.74, 6) is -0.0415. The van der Waals surface area contributed by atoms with Gasteiger partial charge < -0.3 is 15.6 Å². The summed E-state index contributed by atoms with van der Waals surface area (Å²) in [6.07, 6.45) is 4.65. The monoisotopic (exact) mass is 441 g/mol. The minimum Gasteiger partial charge on any atom is -0.358 e. The number of benzene rings is 1. The third kappa shape index (κ3) is 4.14. The lowest BCUT2D eigenvalue weighted by Crippen LogP contribution is -2.49. The SMILES string of the molecule is CC(C)(C)NC(=O)N1CC(c2cc(-c3cc4c([nH]3)CCNC4=O)ccn2)=Cc2ccccc21. The number of fused-ring (bicyclic) bond motifs is 2. The van der Waals surface area contributed by atoms with Gasteiger partial charge in [-0.15, -0.1) is 0 Å². The molecular weight excluding hydrogens is 414 g/mol. The van der Waals surface area contributed by atoms with Gasteiger partial charge in [-0.3, -0.25) is 14.7 Å². The van der Waals surface area contributed by atoms with Crippen LogP contribution in [0.15, 0.2) is 48.7 Å². The highest BCUT2D eigenvalue weighted by Gasteiger charge is 2.27. The van der Waals surface area contributed by atoms with Gasteiger partial charge in [0.2, 0.25) is 0 Å². The number of carbonyl (C=O) groups is 2. The van der Waals surface area contributed by atoms with Gasteiger partial charge in [0.15, 0.2) is 0 Å². The van der Waals surface area contributed by atoms with E-state index in [1.807, 2.05) is 63.2 Å². The van der Waals surface area contributed by atoms with Crippen molar-refractivity contribution in [3.8, 4) is 11.3 Å². The smallest absolute Gasteiger partial charge is 0.322 e. The van der Waals surface area contributed by atoms with Crippen molar-refractivity contribution in [1.29, 1.82) is 0 Å². The zero-order valence-corrected chi connectivity index (χ0v) is 19.0. The van der Waals surface area contributed by atoms with E-state index in [1.165, 1.54) is 0 Å². The minimum atomic E-state index is -0.343. The molecule has 0 fully saturated rings. The average molecular weight is 442 g/mol. The number of amides is 3. The van der Waals surface area contributed by atoms with Gasteiger partial charge in [-0.25, -0.2) is 4.79 Å². The van der Waals surface area contributed by atoms with E-state index in [2.05, 4.69) is 26.7 Å². The molecule has 3 N–H and O–H groups in total. The number of hydrogen-bond donors (Lipinski definition) is 3. The third-order valence-corrected chi connectivity index (χ3v) is 5.82. The van der Waals surface area contributed by atoms with Crippen LogP contribution in [0.2, 0.25) is 0 Å². The number of aromatic amines is 1. The molecule has 7 nitrogen and oxygen atoms in total. The minimum absolute atomic E-state index is 0.0415. The lowest BCUT2D eigenvalue weighted by Gasteiger charge is -2.32. The van der Waals surface area contributed by atoms with Crippen LogP contribution >= 0.6 is 0 Å². The van der Waals surface area contributed by atoms with Crippen molar-refractivity contribution in [2.75, 3.05) is 18.0 Å². The number of para-hydroxylation sites is 1. The lowest BCUT2D eigenvalue weighted by atomic mass is 9.99. The van der Waals surface area contributed by atoms with Crippen molar-refractivity contribution in [2.45, 2.75) is 32.7 Å². The molecule has 2 aromatic heterocycles. The van der Waals surface area contributed by atoms with Crippen LogP contribution in [0.3, 0.4) is 0 Å². The summed E-state index contributed by atoms with van der Waals surface area (Å²) in [4.78, 5) is 35.0. The Labute approximate surface area is 192 Å². The van der Waals surface area contributed by atoms with Gasteiger partial charge in [-0.1, -0.05) is 18.2 Å². The number of pyridine rings is 1. The largest absolute Gasteiger partial charge is 0.358 e. The molecular formula is C26H27N5O2. The molecule has 1 aromatic carbocycles. The van der Waals surface area contributed by atoms with E-state index in [0.29, 0.717) is 18.7 Å². The molecule has 0 unspecified atom stereocenters. The van der Waals surface area contributed by atoms with Crippen molar-refractivity contribution >= 4 is 29.3 Å². The van der Waals surface area contributed by atoms with Gasteiger partial charge in [0.1, 0.15) is 0 Å². The van der Waals surface area contributed by atoms with Crippen LogP contribution in [0.5, 0.6) is 0 Å². The summed E-state index contributed by atoms with van der Waals surface area (Å²) in [5, 5.41) is 5.95. The molecule has 3 amide bonds. The second-order valence-corrected chi connectivity index (χ2v) is 9.51. The molecule has 5 rings (SSSR count). The molecule has 0 bridgehead atoms. The van der Waals surface area contributed by atoms with Crippen LogP contribution in [0.1, 0.15) is 48.1 Å². The molecule has 0 saturated heterocycles. The van der Waals surface area contributed by atoms with Gasteiger partial charge in [0.05, 0.1) is 23.5 Å². The number of hydrogen-bond acceptors (Lipinski definition) is 3. The first-order valence-electron chi connectivity index (χ1n) is 11.1. The van der Waals surface area contributed by atoms with Gasteiger partial charge >= 0.3 is 6.03 Å². The summed E-state index contributed by atoms with van der Waals surface area (Å²) in [5.41, 5.74) is 6.76. The van der Waals surface area contributed by atoms with Crippen LogP contribution in [0, 0.1) is 0 Å². The highest BCUT2D eigenvalue weighted by atomic mass is 16.2. The Hall–Kier alpha value is -3.87. The molecule has 168 valence electrons. The Kier molecular flexibility index (Phi) is 5.04. The molecule has 0 radical (unpaired) electrons. The van der Waals surface area contributed by atoms with E-state index < -0.39 is 0 Å². The highest BCUT2D eigenvalue weighted by Crippen LogP contribution is 2.33. The number of aromatic nitrogens is 2. The number of anilines is 1. The lowest BCUT2D eigenvalue weighted by molar-refractivity contribution is 0.0946. The Morgan fingerprint density at radius 2 is 1.97 bits per heavy atom. The van der Waals surface area contributed by atoms with Crippen LogP contribution in [-0.2, 0) is 6.42 Å². The number of H-pyrrole nitrogens is 1. The maximum Gasteiger partial charge on any atom is 0.322 e. The first-order valence-corrected chi connectivity index (χ1v) is 11.1. The van der Waals surface area contributed by atoms with Gasteiger partial charge in [0.25, 0.3) is 5.91 Å². The van der Waals surface area contributed by atoms with Crippen molar-refractivity contribution in [2.24, 2.45) is 0 Å². The van der Waals surface area contributed by atoms with Gasteiger partial charge in [0, 0.05) is 41.7 Å². The van der Waals surface area contributed by atoms with E-state index in [9.17, 15) is 9.59 Å². The Morgan fingerprint density at radius 3 is 2.76 bits per heavy atom. The summed E-state index contributed by atoms with van der Waals surface area (Å²) in [7, 11) is 0. The Bertz CT molecular complexity index is 1280. The van der Waals surface area contributed by atoms with Crippen molar-refractivity contribution < 1.29 is 9.59 Å². The van der Waals surface area contributed by atoms with Gasteiger partial charge in [-0.05, 0) is 62.2 Å². The topological polar surface area (TPSA) is 90.1 Å². The van der Waals surface area contributed by atoms with Crippen LogP contribution < -0.4 is 15.5 Å². The maximum atomic E-state index is 13.1. The molecule has 2 aliphatic rings. The number of urea groups is 1. The van der Waals surface area contributed by atoms with E-state index in [0.717, 1.165) is 45.9 Å². The Morgan fingerprint density at radius 1 is 1.15 bits per heavy atom. The Balaban J connectivity index is 1.50. The van der Waals surface area contributed by atoms with E-state index in [4.69, 9.17) is 0 Å². The fourth-order valence-corrected chi connectivity index (χ4v) is 4.29. The van der Waals surface area contributed by atoms with Crippen molar-refractivity contribution in [1.82, 2.24) is 20.6 Å². The normalized spacial score (nSPS) is 15.3. The molecule has 4 heterocycles. The number of carbonyl (C=O) groups excluding carboxylic acids is 2. The molecule has 0 atom stereocenters. The predicted molar refractivity (Wildman–Crippen MR) is 130 cm³/mol. The second kappa shape index (κ2) is 7.92. The van der Waals surface area contributed by atoms with E-state index in [-0.39, 0.29) is 17.5 Å². The quantitative estimate of drug-likeness (QED) is 0.556. The number of rotatable bonds is 2. The first-order chi connectivity index (χ1) is 15.8. The fraction of sp³-hybridized carbons (Fsp3) is 0.269. The molecule has 0 aliphatic carbocycles. The maximum absolute atomic E-state index is 13.1. The third-order valence-electron chi connectivity index (χ3n) is 5.82. The predicted octanol–water partition coefficient (Wildman–Crippen LogP) is 4.23. The first kappa shape index (κ1) is 21.0. The average Bonchev–Trinajstić information content (AvgIpc) is 3.23. The zero-order valence-electron chi connectivity index (χ0n) is 19.0. The second-order valence-electron chi connectivity index (χ2n) is 9.51. The molecule has 0 saturated carbocycles. The van der Waals surface area contributed by atoms with Crippen LogP contribution in [0.25, 0.3) is 22.9 Å². The summed E-state index contributed by atoms with van der Waals surface area (Å²) < 4.78 is 0. The number of nitrogens with zero attached hydrogens (tertiary/aromatic N) is 2. The fourth-order valence-electron chi connectivity index (χ4n) is 4.29. The molecule has 0 spiro atoms. The van der Waals surface area contributed by atoms with Gasteiger partial charge in [-0.2, -0.15) is 0 Å². The molecule has 33 heavy (non-hydrogen) atoms. The standard InChI is InChI=1S/C26H27N5O2/c1-26(2,3)30-25(33)31-15-18(12-17-6-4-5-7-23(17)31)21-13-16(8-10-27-21)22-14-19-20(29-22)9-11-28-24(19)32/h4-8,10,12-14,29H,9,11,15H2,1-3H3,(H,28,32)(H,30,33). The van der Waals surface area contributed by atoms with Crippen LogP contribution in [0.4, 0.5) is 10.5 Å². The zero-order chi connectivity index (χ0) is 23.2. The molecule has 2 aliphatic heterocycles. The summed E-state index contributed by atoms with van der Waals surface area (Å²) in [6.45, 7) is 6.97. The summed E-state index contributed by atoms with van der Waals surface area (Å²) in [6, 6.07) is 13.6. The van der Waals surface area contributed by atoms with Crippen molar-refractivity contribution in [3.63, 3.8) is 0 Å². The van der Waals surface area contributed by atoms with E-state index in [1.54, 1.807) is 11.1 Å². The molecule has 3 aromatic rings. The van der Waals surface area contributed by atoms with Crippen molar-refractivity contribution in [3.05, 3.63) is 71.2 Å². The van der Waals surface area contributed by atoms with E-state index >= 15 is 0 Å². The number of nitrogens with one attached hydrogen (secondary N) is 3. The highest BCUT2D eigenvalue weighted by molar-refractivity contribution is 6.02. The van der Waals surface area contributed by atoms with Crippen LogP contribution in [-0.4, -0.2) is 40.5 Å².